The van der Waals surface area contributed by atoms with Crippen LogP contribution < -0.4 is 5.32 Å². The average Bonchev–Trinajstić information content (AvgIpc) is 2.29. The van der Waals surface area contributed by atoms with Crippen molar-refractivity contribution in [2.75, 3.05) is 12.8 Å². The van der Waals surface area contributed by atoms with Crippen LogP contribution in [0.15, 0.2) is 18.5 Å². The highest BCUT2D eigenvalue weighted by Gasteiger charge is 2.11. The van der Waals surface area contributed by atoms with Gasteiger partial charge in [-0.3, -0.25) is 14.0 Å². The molecular formula is C11H16N2O3S. The van der Waals surface area contributed by atoms with Gasteiger partial charge in [0.15, 0.2) is 0 Å². The second-order valence-corrected chi connectivity index (χ2v) is 5.55. The molecule has 94 valence electrons. The van der Waals surface area contributed by atoms with Gasteiger partial charge in [0.1, 0.15) is 5.75 Å². The fourth-order valence-electron chi connectivity index (χ4n) is 1.23. The van der Waals surface area contributed by atoms with Crippen LogP contribution in [0.4, 0.5) is 0 Å². The second kappa shape index (κ2) is 6.34. The Labute approximate surface area is 103 Å². The lowest BCUT2D eigenvalue weighted by atomic mass is 10.2. The summed E-state index contributed by atoms with van der Waals surface area (Å²) in [5.41, 5.74) is 0.199. The van der Waals surface area contributed by atoms with Crippen molar-refractivity contribution in [3.05, 3.63) is 24.0 Å². The minimum atomic E-state index is -0.885. The zero-order valence-corrected chi connectivity index (χ0v) is 10.7. The number of nitrogens with zero attached hydrogens (tertiary/aromatic N) is 1. The van der Waals surface area contributed by atoms with Crippen LogP contribution in [0.3, 0.4) is 0 Å². The van der Waals surface area contributed by atoms with Gasteiger partial charge in [0.2, 0.25) is 0 Å². The zero-order valence-electron chi connectivity index (χ0n) is 9.84. The van der Waals surface area contributed by atoms with Crippen molar-refractivity contribution in [3.8, 4) is 5.75 Å². The monoisotopic (exact) mass is 256 g/mol. The molecule has 0 aliphatic rings. The zero-order chi connectivity index (χ0) is 12.8. The second-order valence-electron chi connectivity index (χ2n) is 3.75. The summed E-state index contributed by atoms with van der Waals surface area (Å²) in [5.74, 6) is -0.490. The Bertz CT molecular complexity index is 423. The van der Waals surface area contributed by atoms with Crippen molar-refractivity contribution in [2.45, 2.75) is 18.6 Å². The first-order valence-corrected chi connectivity index (χ1v) is 6.88. The van der Waals surface area contributed by atoms with Crippen molar-refractivity contribution < 1.29 is 14.1 Å². The summed E-state index contributed by atoms with van der Waals surface area (Å²) in [6.45, 7) is 2.30. The maximum absolute atomic E-state index is 11.6. The van der Waals surface area contributed by atoms with Gasteiger partial charge in [0.05, 0.1) is 11.8 Å². The number of carbonyl (C=O) groups excluding carboxylic acids is 1. The summed E-state index contributed by atoms with van der Waals surface area (Å²) in [7, 11) is -0.885. The molecule has 0 fully saturated rings. The Morgan fingerprint density at radius 1 is 1.65 bits per heavy atom. The number of hydrogen-bond donors (Lipinski definition) is 2. The highest BCUT2D eigenvalue weighted by Crippen LogP contribution is 2.13. The molecule has 0 bridgehead atoms. The molecule has 2 atom stereocenters. The van der Waals surface area contributed by atoms with E-state index >= 15 is 0 Å². The van der Waals surface area contributed by atoms with E-state index in [1.54, 1.807) is 6.26 Å². The van der Waals surface area contributed by atoms with E-state index in [0.717, 1.165) is 0 Å². The van der Waals surface area contributed by atoms with Gasteiger partial charge in [-0.1, -0.05) is 6.92 Å². The number of rotatable bonds is 5. The molecule has 2 unspecified atom stereocenters. The van der Waals surface area contributed by atoms with Crippen LogP contribution in [0.5, 0.6) is 5.75 Å². The molecule has 0 aliphatic carbocycles. The average molecular weight is 256 g/mol. The molecule has 5 nitrogen and oxygen atoms in total. The lowest BCUT2D eigenvalue weighted by Crippen LogP contribution is -2.27. The van der Waals surface area contributed by atoms with Crippen LogP contribution in [0, 0.1) is 0 Å². The molecule has 1 aromatic rings. The van der Waals surface area contributed by atoms with Crippen molar-refractivity contribution in [3.63, 3.8) is 0 Å². The SMILES string of the molecule is CC(CCNC(=O)c1ccncc1O)S(C)=O. The summed E-state index contributed by atoms with van der Waals surface area (Å²) >= 11 is 0. The predicted octanol–water partition coefficient (Wildman–Crippen LogP) is 0.674. The number of hydrogen-bond acceptors (Lipinski definition) is 4. The number of carbonyl (C=O) groups is 1. The van der Waals surface area contributed by atoms with Crippen LogP contribution in [0.25, 0.3) is 0 Å². The van der Waals surface area contributed by atoms with Gasteiger partial charge < -0.3 is 10.4 Å². The number of amides is 1. The smallest absolute Gasteiger partial charge is 0.255 e. The Hall–Kier alpha value is -1.43. The predicted molar refractivity (Wildman–Crippen MR) is 66.4 cm³/mol. The fraction of sp³-hybridized carbons (Fsp3) is 0.455. The Kier molecular flexibility index (Phi) is 5.09. The molecule has 0 spiro atoms. The van der Waals surface area contributed by atoms with Crippen LogP contribution in [-0.2, 0) is 10.8 Å². The van der Waals surface area contributed by atoms with Crippen LogP contribution >= 0.6 is 0 Å². The van der Waals surface area contributed by atoms with Gasteiger partial charge in [-0.2, -0.15) is 0 Å². The van der Waals surface area contributed by atoms with Gasteiger partial charge in [0, 0.05) is 35.0 Å². The third-order valence-electron chi connectivity index (χ3n) is 2.45. The lowest BCUT2D eigenvalue weighted by Gasteiger charge is -2.09. The Morgan fingerprint density at radius 3 is 2.94 bits per heavy atom. The van der Waals surface area contributed by atoms with Gasteiger partial charge in [-0.25, -0.2) is 0 Å². The van der Waals surface area contributed by atoms with Crippen LogP contribution in [0.2, 0.25) is 0 Å². The summed E-state index contributed by atoms with van der Waals surface area (Å²) < 4.78 is 11.1. The van der Waals surface area contributed by atoms with Crippen molar-refractivity contribution >= 4 is 16.7 Å². The van der Waals surface area contributed by atoms with Crippen molar-refractivity contribution in [1.82, 2.24) is 10.3 Å². The minimum absolute atomic E-state index is 0.0429. The van der Waals surface area contributed by atoms with Crippen molar-refractivity contribution in [1.29, 1.82) is 0 Å². The highest BCUT2D eigenvalue weighted by molar-refractivity contribution is 7.84. The standard InChI is InChI=1S/C11H16N2O3S/c1-8(17(2)16)3-6-13-11(15)9-4-5-12-7-10(9)14/h4-5,7-8,14H,3,6H2,1-2H3,(H,13,15). The van der Waals surface area contributed by atoms with E-state index in [9.17, 15) is 14.1 Å². The van der Waals surface area contributed by atoms with Gasteiger partial charge in [-0.05, 0) is 12.5 Å². The first-order chi connectivity index (χ1) is 8.02. The summed E-state index contributed by atoms with van der Waals surface area (Å²) in [6.07, 6.45) is 4.94. The number of aromatic nitrogens is 1. The summed E-state index contributed by atoms with van der Waals surface area (Å²) in [4.78, 5) is 15.3. The van der Waals surface area contributed by atoms with E-state index in [-0.39, 0.29) is 22.5 Å². The Balaban J connectivity index is 2.46. The molecule has 0 aliphatic heterocycles. The van der Waals surface area contributed by atoms with E-state index in [2.05, 4.69) is 10.3 Å². The van der Waals surface area contributed by atoms with Crippen molar-refractivity contribution in [2.24, 2.45) is 0 Å². The molecule has 1 rings (SSSR count). The molecule has 0 radical (unpaired) electrons. The first-order valence-electron chi connectivity index (χ1n) is 5.25. The largest absolute Gasteiger partial charge is 0.505 e. The van der Waals surface area contributed by atoms with E-state index in [1.807, 2.05) is 6.92 Å². The van der Waals surface area contributed by atoms with Crippen LogP contribution in [-0.4, -0.2) is 38.3 Å². The van der Waals surface area contributed by atoms with Gasteiger partial charge in [-0.15, -0.1) is 0 Å². The van der Waals surface area contributed by atoms with E-state index in [1.165, 1.54) is 18.5 Å². The third kappa shape index (κ3) is 4.14. The number of nitrogens with one attached hydrogen (secondary N) is 1. The molecule has 1 heterocycles. The minimum Gasteiger partial charge on any atom is -0.505 e. The number of aromatic hydroxyl groups is 1. The topological polar surface area (TPSA) is 79.3 Å². The lowest BCUT2D eigenvalue weighted by molar-refractivity contribution is 0.0950. The van der Waals surface area contributed by atoms with Gasteiger partial charge in [0.25, 0.3) is 5.91 Å². The molecule has 1 amide bonds. The van der Waals surface area contributed by atoms with Crippen LogP contribution in [0.1, 0.15) is 23.7 Å². The maximum Gasteiger partial charge on any atom is 0.255 e. The molecular weight excluding hydrogens is 240 g/mol. The number of pyridine rings is 1. The molecule has 0 saturated heterocycles. The quantitative estimate of drug-likeness (QED) is 0.811. The summed E-state index contributed by atoms with van der Waals surface area (Å²) in [5, 5.41) is 12.1. The van der Waals surface area contributed by atoms with E-state index < -0.39 is 10.8 Å². The summed E-state index contributed by atoms with van der Waals surface area (Å²) in [6, 6.07) is 1.45. The molecule has 0 saturated carbocycles. The molecule has 2 N–H and O–H groups in total. The highest BCUT2D eigenvalue weighted by atomic mass is 32.2. The first kappa shape index (κ1) is 13.6. The molecule has 17 heavy (non-hydrogen) atoms. The normalized spacial score (nSPS) is 14.0. The third-order valence-corrected chi connectivity index (χ3v) is 3.82. The molecule has 1 aromatic heterocycles. The molecule has 6 heteroatoms. The van der Waals surface area contributed by atoms with E-state index in [4.69, 9.17) is 0 Å². The fourth-order valence-corrected chi connectivity index (χ4v) is 1.68. The van der Waals surface area contributed by atoms with Gasteiger partial charge >= 0.3 is 0 Å². The van der Waals surface area contributed by atoms with E-state index in [0.29, 0.717) is 13.0 Å². The molecule has 0 aromatic carbocycles. The Morgan fingerprint density at radius 2 is 2.35 bits per heavy atom. The maximum atomic E-state index is 11.6.